The van der Waals surface area contributed by atoms with E-state index in [0.717, 1.165) is 50.9 Å². The molecule has 0 aliphatic carbocycles. The minimum atomic E-state index is -4.85. The van der Waals surface area contributed by atoms with E-state index in [4.69, 9.17) is 23.8 Å². The van der Waals surface area contributed by atoms with Gasteiger partial charge in [0.25, 0.3) is 0 Å². The average Bonchev–Trinajstić information content (AvgIpc) is 2.98. The highest BCUT2D eigenvalue weighted by Crippen LogP contribution is 2.43. The summed E-state index contributed by atoms with van der Waals surface area (Å²) in [6.45, 7) is 6.18. The molecule has 0 aromatic rings. The Morgan fingerprint density at radius 1 is 0.630 bits per heavy atom. The van der Waals surface area contributed by atoms with E-state index < -0.39 is 59.6 Å². The average molecular weight is 705 g/mol. The molecule has 0 aliphatic heterocycles. The van der Waals surface area contributed by atoms with Crippen LogP contribution in [0.4, 0.5) is 0 Å². The monoisotopic (exact) mass is 704 g/mol. The number of hydrogen-bond donors (Lipinski definition) is 4. The summed E-state index contributed by atoms with van der Waals surface area (Å²) in [5.41, 5.74) is 0. The van der Waals surface area contributed by atoms with Crippen LogP contribution in [0.15, 0.2) is 0 Å². The molecular formula is C31H62O13P2. The van der Waals surface area contributed by atoms with Crippen molar-refractivity contribution < 1.29 is 61.6 Å². The molecule has 15 heteroatoms. The van der Waals surface area contributed by atoms with Crippen molar-refractivity contribution in [2.45, 2.75) is 149 Å². The fourth-order valence-corrected chi connectivity index (χ4v) is 5.60. The molecule has 274 valence electrons. The second-order valence-electron chi connectivity index (χ2n) is 12.5. The fraction of sp³-hybridized carbons (Fsp3) is 0.935. The minimum absolute atomic E-state index is 0.132. The first-order chi connectivity index (χ1) is 21.6. The van der Waals surface area contributed by atoms with Gasteiger partial charge in [-0.2, -0.15) is 0 Å². The predicted molar refractivity (Wildman–Crippen MR) is 175 cm³/mol. The Hall–Kier alpha value is -0.880. The summed E-state index contributed by atoms with van der Waals surface area (Å²) in [6.07, 6.45) is 13.2. The normalized spacial score (nSPS) is 15.3. The summed E-state index contributed by atoms with van der Waals surface area (Å²) in [4.78, 5) is 52.1. The van der Waals surface area contributed by atoms with Gasteiger partial charge in [-0.15, -0.1) is 0 Å². The van der Waals surface area contributed by atoms with Gasteiger partial charge in [0.1, 0.15) is 12.7 Å². The highest BCUT2D eigenvalue weighted by molar-refractivity contribution is 7.47. The number of carbonyl (C=O) groups is 2. The van der Waals surface area contributed by atoms with Crippen molar-refractivity contribution in [1.29, 1.82) is 0 Å². The van der Waals surface area contributed by atoms with Gasteiger partial charge < -0.3 is 29.3 Å². The highest BCUT2D eigenvalue weighted by Gasteiger charge is 2.28. The number of phosphoric acid groups is 2. The number of rotatable bonds is 31. The van der Waals surface area contributed by atoms with E-state index in [1.54, 1.807) is 0 Å². The largest absolute Gasteiger partial charge is 0.472 e. The maximum atomic E-state index is 12.5. The van der Waals surface area contributed by atoms with Crippen LogP contribution < -0.4 is 0 Å². The topological polar surface area (TPSA) is 195 Å². The zero-order valence-corrected chi connectivity index (χ0v) is 30.3. The molecular weight excluding hydrogens is 642 g/mol. The van der Waals surface area contributed by atoms with Crippen LogP contribution in [0.2, 0.25) is 0 Å². The highest BCUT2D eigenvalue weighted by atomic mass is 31.2. The lowest BCUT2D eigenvalue weighted by atomic mass is 10.00. The van der Waals surface area contributed by atoms with Gasteiger partial charge in [-0.25, -0.2) is 9.13 Å². The van der Waals surface area contributed by atoms with Crippen LogP contribution in [-0.2, 0) is 41.8 Å². The van der Waals surface area contributed by atoms with E-state index in [9.17, 15) is 28.7 Å². The molecule has 2 unspecified atom stereocenters. The summed E-state index contributed by atoms with van der Waals surface area (Å²) in [6, 6.07) is 0. The molecule has 0 rings (SSSR count). The van der Waals surface area contributed by atoms with Crippen molar-refractivity contribution in [3.8, 4) is 0 Å². The van der Waals surface area contributed by atoms with Crippen molar-refractivity contribution >= 4 is 27.6 Å². The zero-order valence-electron chi connectivity index (χ0n) is 28.5. The first-order valence-electron chi connectivity index (χ1n) is 17.0. The quantitative estimate of drug-likeness (QED) is 0.0328. The summed E-state index contributed by atoms with van der Waals surface area (Å²) in [7, 11) is -9.63. The van der Waals surface area contributed by atoms with Crippen molar-refractivity contribution in [3.05, 3.63) is 0 Å². The number of hydrogen-bond acceptors (Lipinski definition) is 10. The van der Waals surface area contributed by atoms with E-state index in [1.807, 2.05) is 0 Å². The number of ether oxygens (including phenoxy) is 2. The molecule has 0 spiro atoms. The van der Waals surface area contributed by atoms with Crippen molar-refractivity contribution in [2.24, 2.45) is 11.8 Å². The van der Waals surface area contributed by atoms with Crippen molar-refractivity contribution in [3.63, 3.8) is 0 Å². The summed E-state index contributed by atoms with van der Waals surface area (Å²) in [5, 5.41) is 9.67. The second kappa shape index (κ2) is 27.0. The number of phosphoric ester groups is 2. The van der Waals surface area contributed by atoms with E-state index >= 15 is 0 Å². The van der Waals surface area contributed by atoms with Gasteiger partial charge in [0.15, 0.2) is 6.10 Å². The van der Waals surface area contributed by atoms with E-state index in [0.29, 0.717) is 18.8 Å². The molecule has 4 N–H and O–H groups in total. The molecule has 13 nitrogen and oxygen atoms in total. The molecule has 0 saturated carbocycles. The number of esters is 2. The van der Waals surface area contributed by atoms with Crippen LogP contribution in [0, 0.1) is 11.8 Å². The zero-order chi connectivity index (χ0) is 34.8. The molecule has 0 saturated heterocycles. The Bertz CT molecular complexity index is 880. The lowest BCUT2D eigenvalue weighted by Crippen LogP contribution is -2.30. The van der Waals surface area contributed by atoms with Crippen LogP contribution in [0.25, 0.3) is 0 Å². The molecule has 4 atom stereocenters. The molecule has 0 amide bonds. The van der Waals surface area contributed by atoms with Gasteiger partial charge in [-0.05, 0) is 24.7 Å². The molecule has 0 fully saturated rings. The third kappa shape index (κ3) is 30.5. The van der Waals surface area contributed by atoms with Gasteiger partial charge in [0.2, 0.25) is 0 Å². The summed E-state index contributed by atoms with van der Waals surface area (Å²) in [5.74, 6) is 0.409. The molecule has 0 aliphatic rings. The van der Waals surface area contributed by atoms with E-state index in [2.05, 4.69) is 36.7 Å². The Morgan fingerprint density at radius 2 is 1.11 bits per heavy atom. The van der Waals surface area contributed by atoms with Gasteiger partial charge in [0, 0.05) is 12.8 Å². The van der Waals surface area contributed by atoms with E-state index in [-0.39, 0.29) is 19.4 Å². The molecule has 0 bridgehead atoms. The maximum absolute atomic E-state index is 12.5. The molecule has 0 radical (unpaired) electrons. The van der Waals surface area contributed by atoms with Crippen LogP contribution in [0.1, 0.15) is 137 Å². The van der Waals surface area contributed by atoms with Crippen LogP contribution in [0.3, 0.4) is 0 Å². The number of aliphatic hydroxyl groups excluding tert-OH is 1. The lowest BCUT2D eigenvalue weighted by molar-refractivity contribution is -0.161. The Balaban J connectivity index is 4.66. The van der Waals surface area contributed by atoms with Crippen LogP contribution >= 0.6 is 15.6 Å². The Labute approximate surface area is 276 Å². The molecule has 0 aromatic heterocycles. The SMILES string of the molecule is CCC(C)CCCCCCCCC(=O)OC[C@H](COP(=O)(O)OC[C@@H](O)COP(=O)(O)O)OC(=O)CCCCCCCCC(C)C. The first-order valence-corrected chi connectivity index (χ1v) is 20.0. The lowest BCUT2D eigenvalue weighted by Gasteiger charge is -2.20. The maximum Gasteiger partial charge on any atom is 0.472 e. The minimum Gasteiger partial charge on any atom is -0.462 e. The summed E-state index contributed by atoms with van der Waals surface area (Å²) >= 11 is 0. The van der Waals surface area contributed by atoms with E-state index in [1.165, 1.54) is 38.5 Å². The van der Waals surface area contributed by atoms with Gasteiger partial charge in [-0.1, -0.05) is 111 Å². The first kappa shape index (κ1) is 45.1. The molecule has 0 heterocycles. The van der Waals surface area contributed by atoms with Crippen LogP contribution in [0.5, 0.6) is 0 Å². The summed E-state index contributed by atoms with van der Waals surface area (Å²) < 4.78 is 47.3. The van der Waals surface area contributed by atoms with Gasteiger partial charge >= 0.3 is 27.6 Å². The Kier molecular flexibility index (Phi) is 26.5. The third-order valence-corrected chi connectivity index (χ3v) is 8.89. The van der Waals surface area contributed by atoms with Gasteiger partial charge in [-0.3, -0.25) is 23.2 Å². The van der Waals surface area contributed by atoms with Crippen molar-refractivity contribution in [2.75, 3.05) is 26.4 Å². The van der Waals surface area contributed by atoms with Gasteiger partial charge in [0.05, 0.1) is 19.8 Å². The fourth-order valence-electron chi connectivity index (χ4n) is 4.45. The molecule has 0 aromatic carbocycles. The smallest absolute Gasteiger partial charge is 0.462 e. The predicted octanol–water partition coefficient (Wildman–Crippen LogP) is 6.99. The van der Waals surface area contributed by atoms with Crippen LogP contribution in [-0.4, -0.2) is 70.4 Å². The second-order valence-corrected chi connectivity index (χ2v) is 15.2. The molecule has 46 heavy (non-hydrogen) atoms. The number of carbonyl (C=O) groups excluding carboxylic acids is 2. The number of unbranched alkanes of at least 4 members (excludes halogenated alkanes) is 10. The van der Waals surface area contributed by atoms with Crippen molar-refractivity contribution in [1.82, 2.24) is 0 Å². The third-order valence-electron chi connectivity index (χ3n) is 7.45. The standard InChI is InChI=1S/C31H62O13P2/c1-5-27(4)19-15-11-7-9-12-16-20-30(33)40-24-29(44-31(34)21-17-13-8-6-10-14-18-26(2)3)25-43-46(38,39)42-23-28(32)22-41-45(35,36)37/h26-29,32H,5-25H2,1-4H3,(H,38,39)(H2,35,36,37)/t27?,28-,29+/m0/s1. The Morgan fingerprint density at radius 3 is 1.65 bits per heavy atom. The number of aliphatic hydroxyl groups is 1.